The molecule has 4 nitrogen and oxygen atoms in total. The van der Waals surface area contributed by atoms with Gasteiger partial charge in [0.1, 0.15) is 0 Å². The maximum atomic E-state index is 9.07. The van der Waals surface area contributed by atoms with E-state index >= 15 is 0 Å². The fraction of sp³-hybridized carbons (Fsp3) is 0.200. The quantitative estimate of drug-likeness (QED) is 0.379. The summed E-state index contributed by atoms with van der Waals surface area (Å²) in [5.41, 5.74) is 11.3. The first-order valence-electron chi connectivity index (χ1n) is 8.06. The lowest BCUT2D eigenvalue weighted by molar-refractivity contribution is 0.525. The Hall–Kier alpha value is -2.81. The van der Waals surface area contributed by atoms with E-state index < -0.39 is 0 Å². The van der Waals surface area contributed by atoms with Crippen molar-refractivity contribution in [2.75, 3.05) is 13.6 Å². The number of hydrogen-bond donors (Lipinski definition) is 1. The van der Waals surface area contributed by atoms with Crippen molar-refractivity contribution in [3.05, 3.63) is 94.4 Å². The third-order valence-electron chi connectivity index (χ3n) is 4.32. The third kappa shape index (κ3) is 3.40. The molecule has 3 rings (SSSR count). The van der Waals surface area contributed by atoms with Gasteiger partial charge in [-0.25, -0.2) is 0 Å². The summed E-state index contributed by atoms with van der Waals surface area (Å²) in [5.74, 6) is 0.0675. The summed E-state index contributed by atoms with van der Waals surface area (Å²) < 4.78 is 0. The van der Waals surface area contributed by atoms with Crippen molar-refractivity contribution in [2.45, 2.75) is 12.0 Å². The minimum atomic E-state index is -0.246. The Morgan fingerprint density at radius 1 is 0.917 bits per heavy atom. The van der Waals surface area contributed by atoms with Crippen molar-refractivity contribution in [3.63, 3.8) is 0 Å². The van der Waals surface area contributed by atoms with Crippen LogP contribution in [0.5, 0.6) is 0 Å². The molecule has 24 heavy (non-hydrogen) atoms. The molecule has 1 N–H and O–H groups in total. The van der Waals surface area contributed by atoms with Gasteiger partial charge in [-0.2, -0.15) is 0 Å². The Morgan fingerprint density at radius 2 is 1.62 bits per heavy atom. The number of rotatable bonds is 6. The zero-order chi connectivity index (χ0) is 16.8. The molecule has 0 radical (unpaired) electrons. The molecule has 0 aliphatic rings. The van der Waals surface area contributed by atoms with E-state index in [4.69, 9.17) is 5.53 Å². The van der Waals surface area contributed by atoms with Gasteiger partial charge < -0.3 is 5.32 Å². The molecule has 0 aliphatic carbocycles. The van der Waals surface area contributed by atoms with Gasteiger partial charge in [-0.05, 0) is 34.5 Å². The van der Waals surface area contributed by atoms with Gasteiger partial charge in [-0.1, -0.05) is 77.9 Å². The molecule has 0 bridgehead atoms. The predicted octanol–water partition coefficient (Wildman–Crippen LogP) is 5.19. The highest BCUT2D eigenvalue weighted by atomic mass is 15.2. The molecule has 0 spiro atoms. The molecule has 0 fully saturated rings. The predicted molar refractivity (Wildman–Crippen MR) is 98.9 cm³/mol. The van der Waals surface area contributed by atoms with Crippen LogP contribution < -0.4 is 5.32 Å². The molecule has 0 unspecified atom stereocenters. The topological polar surface area (TPSA) is 60.8 Å². The van der Waals surface area contributed by atoms with E-state index in [2.05, 4.69) is 45.7 Å². The summed E-state index contributed by atoms with van der Waals surface area (Å²) >= 11 is 0. The number of likely N-dealkylation sites (N-methyl/N-ethyl adjacent to an activating group) is 1. The molecule has 0 aliphatic heterocycles. The lowest BCUT2D eigenvalue weighted by atomic mass is 9.86. The Labute approximate surface area is 141 Å². The second-order valence-electron chi connectivity index (χ2n) is 5.83. The van der Waals surface area contributed by atoms with Crippen LogP contribution in [-0.4, -0.2) is 13.6 Å². The average Bonchev–Trinajstić information content (AvgIpc) is 2.65. The molecular formula is C20H20N4. The molecule has 3 aromatic rings. The van der Waals surface area contributed by atoms with Crippen LogP contribution in [-0.2, 0) is 0 Å². The Morgan fingerprint density at radius 3 is 2.33 bits per heavy atom. The van der Waals surface area contributed by atoms with Gasteiger partial charge in [-0.3, -0.25) is 0 Å². The highest BCUT2D eigenvalue weighted by Gasteiger charge is 2.23. The van der Waals surface area contributed by atoms with E-state index in [1.807, 2.05) is 49.5 Å². The molecule has 0 heterocycles. The minimum Gasteiger partial charge on any atom is -0.319 e. The smallest absolute Gasteiger partial charge is 0.0706 e. The largest absolute Gasteiger partial charge is 0.319 e. The minimum absolute atomic E-state index is 0.0675. The fourth-order valence-electron chi connectivity index (χ4n) is 3.16. The Balaban J connectivity index is 2.07. The molecule has 4 heteroatoms. The van der Waals surface area contributed by atoms with E-state index in [0.29, 0.717) is 0 Å². The van der Waals surface area contributed by atoms with Gasteiger partial charge in [0.25, 0.3) is 0 Å². The van der Waals surface area contributed by atoms with Gasteiger partial charge in [0.15, 0.2) is 0 Å². The fourth-order valence-corrected chi connectivity index (χ4v) is 3.16. The number of fused-ring (bicyclic) bond motifs is 1. The molecule has 2 atom stereocenters. The first-order valence-corrected chi connectivity index (χ1v) is 8.06. The molecule has 0 aromatic heterocycles. The van der Waals surface area contributed by atoms with Gasteiger partial charge >= 0.3 is 0 Å². The number of benzene rings is 3. The van der Waals surface area contributed by atoms with Crippen LogP contribution in [0.3, 0.4) is 0 Å². The number of azide groups is 1. The molecule has 3 aromatic carbocycles. The molecule has 0 amide bonds. The van der Waals surface area contributed by atoms with Gasteiger partial charge in [0.05, 0.1) is 6.04 Å². The lowest BCUT2D eigenvalue weighted by Crippen LogP contribution is -2.22. The summed E-state index contributed by atoms with van der Waals surface area (Å²) in [6, 6.07) is 24.5. The zero-order valence-corrected chi connectivity index (χ0v) is 13.6. The number of hydrogen-bond acceptors (Lipinski definition) is 2. The summed E-state index contributed by atoms with van der Waals surface area (Å²) in [6.07, 6.45) is 0. The summed E-state index contributed by atoms with van der Waals surface area (Å²) in [4.78, 5) is 3.10. The van der Waals surface area contributed by atoms with Crippen LogP contribution in [0.25, 0.3) is 21.2 Å². The molecular weight excluding hydrogens is 296 g/mol. The SMILES string of the molecule is CNC[C@@H](c1ccc2ccccc2c1)[C@@H](N=[N+]=[N-])c1ccccc1. The molecule has 0 saturated heterocycles. The Kier molecular flexibility index (Phi) is 5.12. The van der Waals surface area contributed by atoms with Gasteiger partial charge in [0, 0.05) is 17.4 Å². The lowest BCUT2D eigenvalue weighted by Gasteiger charge is -2.24. The summed E-state index contributed by atoms with van der Waals surface area (Å²) in [5, 5.41) is 9.76. The summed E-state index contributed by atoms with van der Waals surface area (Å²) in [6.45, 7) is 0.733. The van der Waals surface area contributed by atoms with Crippen molar-refractivity contribution in [3.8, 4) is 0 Å². The Bertz CT molecular complexity index is 854. The standard InChI is InChI=1S/C20H20N4/c1-22-14-19(20(23-24-21)16-8-3-2-4-9-16)18-12-11-15-7-5-6-10-17(15)13-18/h2-13,19-20,22H,14H2,1H3/t19-,20-/m0/s1. The first kappa shape index (κ1) is 16.1. The second kappa shape index (κ2) is 7.64. The van der Waals surface area contributed by atoms with E-state index in [0.717, 1.165) is 12.1 Å². The maximum Gasteiger partial charge on any atom is 0.0706 e. The van der Waals surface area contributed by atoms with Crippen LogP contribution in [0.4, 0.5) is 0 Å². The second-order valence-corrected chi connectivity index (χ2v) is 5.83. The molecule has 0 saturated carbocycles. The van der Waals surface area contributed by atoms with Crippen LogP contribution in [0.15, 0.2) is 77.9 Å². The van der Waals surface area contributed by atoms with Crippen LogP contribution in [0, 0.1) is 0 Å². The highest BCUT2D eigenvalue weighted by Crippen LogP contribution is 2.35. The van der Waals surface area contributed by atoms with E-state index in [1.165, 1.54) is 16.3 Å². The van der Waals surface area contributed by atoms with Crippen molar-refractivity contribution < 1.29 is 0 Å². The zero-order valence-electron chi connectivity index (χ0n) is 13.6. The van der Waals surface area contributed by atoms with Crippen LogP contribution in [0.2, 0.25) is 0 Å². The van der Waals surface area contributed by atoms with E-state index in [1.54, 1.807) is 0 Å². The van der Waals surface area contributed by atoms with Crippen LogP contribution >= 0.6 is 0 Å². The average molecular weight is 316 g/mol. The van der Waals surface area contributed by atoms with Crippen molar-refractivity contribution in [1.29, 1.82) is 0 Å². The van der Waals surface area contributed by atoms with Crippen molar-refractivity contribution in [1.82, 2.24) is 5.32 Å². The number of nitrogens with one attached hydrogen (secondary N) is 1. The van der Waals surface area contributed by atoms with E-state index in [9.17, 15) is 0 Å². The van der Waals surface area contributed by atoms with Crippen LogP contribution in [0.1, 0.15) is 23.1 Å². The monoisotopic (exact) mass is 316 g/mol. The normalized spacial score (nSPS) is 13.2. The molecule has 120 valence electrons. The van der Waals surface area contributed by atoms with E-state index in [-0.39, 0.29) is 12.0 Å². The van der Waals surface area contributed by atoms with Gasteiger partial charge in [0.2, 0.25) is 0 Å². The van der Waals surface area contributed by atoms with Gasteiger partial charge in [-0.15, -0.1) is 0 Å². The first-order chi connectivity index (χ1) is 11.8. The third-order valence-corrected chi connectivity index (χ3v) is 4.32. The van der Waals surface area contributed by atoms with Crippen molar-refractivity contribution >= 4 is 10.8 Å². The number of nitrogens with zero attached hydrogens (tertiary/aromatic N) is 3. The highest BCUT2D eigenvalue weighted by molar-refractivity contribution is 5.83. The maximum absolute atomic E-state index is 9.07. The summed E-state index contributed by atoms with van der Waals surface area (Å²) in [7, 11) is 1.92. The van der Waals surface area contributed by atoms with Crippen molar-refractivity contribution in [2.24, 2.45) is 5.11 Å².